The van der Waals surface area contributed by atoms with Gasteiger partial charge in [0.1, 0.15) is 6.04 Å². The van der Waals surface area contributed by atoms with Gasteiger partial charge in [0.15, 0.2) is 0 Å². The number of carbonyl (C=O) groups is 2. The summed E-state index contributed by atoms with van der Waals surface area (Å²) in [4.78, 5) is 20.5. The molecule has 0 bridgehead atoms. The number of hydrogen-bond donors (Lipinski definition) is 4. The lowest BCUT2D eigenvalue weighted by atomic mass is 10.2. The van der Waals surface area contributed by atoms with Gasteiger partial charge in [0.05, 0.1) is 0 Å². The number of carboxylic acids is 2. The predicted molar refractivity (Wildman–Crippen MR) is 40.5 cm³/mol. The molecule has 0 aromatic carbocycles. The van der Waals surface area contributed by atoms with Crippen LogP contribution in [0.1, 0.15) is 12.8 Å². The van der Waals surface area contributed by atoms with Crippen molar-refractivity contribution >= 4 is 11.9 Å². The van der Waals surface area contributed by atoms with Crippen molar-refractivity contribution < 1.29 is 19.8 Å². The molecule has 6 nitrogen and oxygen atoms in total. The maximum absolute atomic E-state index is 10.4. The van der Waals surface area contributed by atoms with Crippen molar-refractivity contribution in [2.45, 2.75) is 18.9 Å². The summed E-state index contributed by atoms with van der Waals surface area (Å²) in [5, 5.41) is 16.8. The van der Waals surface area contributed by atoms with Crippen LogP contribution >= 0.6 is 0 Å². The molecular weight excluding hydrogens is 164 g/mol. The van der Waals surface area contributed by atoms with E-state index in [9.17, 15) is 9.59 Å². The van der Waals surface area contributed by atoms with Crippen LogP contribution in [-0.4, -0.2) is 35.2 Å². The summed E-state index contributed by atoms with van der Waals surface area (Å²) in [6.07, 6.45) is -0.100. The summed E-state index contributed by atoms with van der Waals surface area (Å²) < 4.78 is 0. The highest BCUT2D eigenvalue weighted by molar-refractivity contribution is 5.74. The Morgan fingerprint density at radius 2 is 2.00 bits per heavy atom. The second kappa shape index (κ2) is 5.50. The Labute approximate surface area is 69.5 Å². The highest BCUT2D eigenvalue weighted by Crippen LogP contribution is 1.96. The van der Waals surface area contributed by atoms with E-state index >= 15 is 0 Å². The molecule has 0 saturated carbocycles. The van der Waals surface area contributed by atoms with Crippen LogP contribution in [0.3, 0.4) is 0 Å². The van der Waals surface area contributed by atoms with Crippen LogP contribution < -0.4 is 10.9 Å². The number of hydrogen-bond acceptors (Lipinski definition) is 4. The van der Waals surface area contributed by atoms with E-state index in [2.05, 4.69) is 10.9 Å². The second-order valence-electron chi connectivity index (χ2n) is 2.22. The molecule has 1 atom stereocenters. The number of aliphatic carboxylic acids is 2. The third kappa shape index (κ3) is 4.64. The Balaban J connectivity index is 3.79. The van der Waals surface area contributed by atoms with E-state index in [1.165, 1.54) is 7.05 Å². The molecule has 0 aromatic heterocycles. The zero-order chi connectivity index (χ0) is 9.56. The van der Waals surface area contributed by atoms with Crippen molar-refractivity contribution in [3.8, 4) is 0 Å². The maximum Gasteiger partial charge on any atom is 0.322 e. The zero-order valence-electron chi connectivity index (χ0n) is 6.70. The first-order chi connectivity index (χ1) is 5.57. The molecule has 0 aromatic rings. The lowest BCUT2D eigenvalue weighted by molar-refractivity contribution is -0.141. The normalized spacial score (nSPS) is 12.4. The molecule has 4 N–H and O–H groups in total. The van der Waals surface area contributed by atoms with E-state index in [0.717, 1.165) is 0 Å². The first-order valence-electron chi connectivity index (χ1n) is 3.44. The number of nitrogens with one attached hydrogen (secondary N) is 2. The lowest BCUT2D eigenvalue weighted by Crippen LogP contribution is -2.43. The molecule has 0 radical (unpaired) electrons. The van der Waals surface area contributed by atoms with Gasteiger partial charge in [-0.15, -0.1) is 0 Å². The molecule has 70 valence electrons. The fourth-order valence-corrected chi connectivity index (χ4v) is 0.699. The average molecular weight is 176 g/mol. The fourth-order valence-electron chi connectivity index (χ4n) is 0.699. The van der Waals surface area contributed by atoms with Crippen LogP contribution in [0.4, 0.5) is 0 Å². The monoisotopic (exact) mass is 176 g/mol. The summed E-state index contributed by atoms with van der Waals surface area (Å²) in [6, 6.07) is -0.855. The second-order valence-corrected chi connectivity index (χ2v) is 2.22. The molecule has 0 amide bonds. The van der Waals surface area contributed by atoms with Gasteiger partial charge in [0.2, 0.25) is 0 Å². The van der Waals surface area contributed by atoms with Gasteiger partial charge in [0, 0.05) is 6.42 Å². The first-order valence-corrected chi connectivity index (χ1v) is 3.44. The molecule has 12 heavy (non-hydrogen) atoms. The molecule has 0 heterocycles. The summed E-state index contributed by atoms with van der Waals surface area (Å²) >= 11 is 0. The van der Waals surface area contributed by atoms with Crippen molar-refractivity contribution in [1.82, 2.24) is 10.9 Å². The van der Waals surface area contributed by atoms with Crippen molar-refractivity contribution in [1.29, 1.82) is 0 Å². The lowest BCUT2D eigenvalue weighted by Gasteiger charge is -2.11. The quantitative estimate of drug-likeness (QED) is 0.388. The van der Waals surface area contributed by atoms with Gasteiger partial charge in [-0.2, -0.15) is 0 Å². The molecule has 1 unspecified atom stereocenters. The minimum atomic E-state index is -1.06. The molecule has 6 heteroatoms. The molecule has 0 aliphatic carbocycles. The Kier molecular flexibility index (Phi) is 4.98. The van der Waals surface area contributed by atoms with E-state index in [4.69, 9.17) is 10.2 Å². The summed E-state index contributed by atoms with van der Waals surface area (Å²) in [7, 11) is 1.52. The average Bonchev–Trinajstić information content (AvgIpc) is 1.96. The summed E-state index contributed by atoms with van der Waals surface area (Å²) in [5.74, 6) is -2.07. The predicted octanol–water partition coefficient (Wildman–Crippen LogP) is -0.972. The standard InChI is InChI=1S/C6H12N2O4/c1-7-8-4(6(11)12)2-3-5(9)10/h4,7-8H,2-3H2,1H3,(H,9,10)(H,11,12). The van der Waals surface area contributed by atoms with E-state index in [-0.39, 0.29) is 12.8 Å². The fraction of sp³-hybridized carbons (Fsp3) is 0.667. The topological polar surface area (TPSA) is 98.7 Å². The zero-order valence-corrected chi connectivity index (χ0v) is 6.70. The summed E-state index contributed by atoms with van der Waals surface area (Å²) in [5.41, 5.74) is 4.87. The van der Waals surface area contributed by atoms with Crippen LogP contribution in [0.25, 0.3) is 0 Å². The van der Waals surface area contributed by atoms with Gasteiger partial charge in [-0.1, -0.05) is 0 Å². The molecule has 0 saturated heterocycles. The first kappa shape index (κ1) is 10.9. The Bertz CT molecular complexity index is 171. The van der Waals surface area contributed by atoms with Crippen molar-refractivity contribution in [2.24, 2.45) is 0 Å². The van der Waals surface area contributed by atoms with E-state index in [1.54, 1.807) is 0 Å². The van der Waals surface area contributed by atoms with E-state index in [1.807, 2.05) is 0 Å². The van der Waals surface area contributed by atoms with E-state index < -0.39 is 18.0 Å². The van der Waals surface area contributed by atoms with Gasteiger partial charge in [-0.25, -0.2) is 5.43 Å². The SMILES string of the molecule is CNNC(CCC(=O)O)C(=O)O. The molecule has 0 aliphatic rings. The molecule has 0 rings (SSSR count). The maximum atomic E-state index is 10.4. The number of rotatable bonds is 6. The van der Waals surface area contributed by atoms with Crippen molar-refractivity contribution in [2.75, 3.05) is 7.05 Å². The Morgan fingerprint density at radius 1 is 1.42 bits per heavy atom. The van der Waals surface area contributed by atoms with Crippen LogP contribution in [0.15, 0.2) is 0 Å². The molecule has 0 fully saturated rings. The van der Waals surface area contributed by atoms with Gasteiger partial charge < -0.3 is 10.2 Å². The third-order valence-corrected chi connectivity index (χ3v) is 1.26. The highest BCUT2D eigenvalue weighted by atomic mass is 16.4. The van der Waals surface area contributed by atoms with E-state index in [0.29, 0.717) is 0 Å². The van der Waals surface area contributed by atoms with Crippen molar-refractivity contribution in [3.05, 3.63) is 0 Å². The Hall–Kier alpha value is -1.14. The Morgan fingerprint density at radius 3 is 2.33 bits per heavy atom. The molecular formula is C6H12N2O4. The third-order valence-electron chi connectivity index (χ3n) is 1.26. The van der Waals surface area contributed by atoms with Gasteiger partial charge in [0.25, 0.3) is 0 Å². The summed E-state index contributed by atoms with van der Waals surface area (Å²) in [6.45, 7) is 0. The minimum Gasteiger partial charge on any atom is -0.481 e. The smallest absolute Gasteiger partial charge is 0.322 e. The molecule has 0 spiro atoms. The van der Waals surface area contributed by atoms with Crippen LogP contribution in [-0.2, 0) is 9.59 Å². The van der Waals surface area contributed by atoms with Crippen LogP contribution in [0, 0.1) is 0 Å². The molecule has 0 aliphatic heterocycles. The van der Waals surface area contributed by atoms with Crippen LogP contribution in [0.5, 0.6) is 0 Å². The largest absolute Gasteiger partial charge is 0.481 e. The van der Waals surface area contributed by atoms with Crippen molar-refractivity contribution in [3.63, 3.8) is 0 Å². The minimum absolute atomic E-state index is 0.0610. The number of carboxylic acid groups (broad SMARTS) is 2. The van der Waals surface area contributed by atoms with Gasteiger partial charge in [-0.3, -0.25) is 15.0 Å². The highest BCUT2D eigenvalue weighted by Gasteiger charge is 2.16. The van der Waals surface area contributed by atoms with Gasteiger partial charge >= 0.3 is 11.9 Å². The van der Waals surface area contributed by atoms with Gasteiger partial charge in [-0.05, 0) is 13.5 Å². The van der Waals surface area contributed by atoms with Crippen LogP contribution in [0.2, 0.25) is 0 Å². The number of hydrazine groups is 1.